The van der Waals surface area contributed by atoms with E-state index in [1.807, 2.05) is 19.1 Å². The first-order chi connectivity index (χ1) is 10.1. The fourth-order valence-electron chi connectivity index (χ4n) is 1.95. The fourth-order valence-corrected chi connectivity index (χ4v) is 1.95. The van der Waals surface area contributed by atoms with Gasteiger partial charge in [0.2, 0.25) is 0 Å². The Balaban J connectivity index is 2.21. The van der Waals surface area contributed by atoms with Gasteiger partial charge in [0.1, 0.15) is 5.75 Å². The molecule has 0 aromatic heterocycles. The van der Waals surface area contributed by atoms with Crippen LogP contribution in [0.25, 0.3) is 6.08 Å². The number of hydrogen-bond donors (Lipinski definition) is 0. The molecule has 0 saturated heterocycles. The third-order valence-electron chi connectivity index (χ3n) is 3.14. The first kappa shape index (κ1) is 14.5. The number of hydrogen-bond acceptors (Lipinski definition) is 3. The summed E-state index contributed by atoms with van der Waals surface area (Å²) in [5, 5.41) is 8.85. The number of nitrogens with zero attached hydrogens (tertiary/aromatic N) is 1. The van der Waals surface area contributed by atoms with Gasteiger partial charge in [-0.15, -0.1) is 0 Å². The van der Waals surface area contributed by atoms with Crippen molar-refractivity contribution in [1.82, 2.24) is 0 Å². The summed E-state index contributed by atoms with van der Waals surface area (Å²) in [6.07, 6.45) is 3.20. The monoisotopic (exact) mass is 277 g/mol. The van der Waals surface area contributed by atoms with Gasteiger partial charge in [-0.1, -0.05) is 30.3 Å². The van der Waals surface area contributed by atoms with Crippen LogP contribution in [0.1, 0.15) is 27.0 Å². The molecule has 0 unspecified atom stereocenters. The largest absolute Gasteiger partial charge is 0.496 e. The van der Waals surface area contributed by atoms with Crippen molar-refractivity contribution in [3.05, 3.63) is 70.8 Å². The first-order valence-corrected chi connectivity index (χ1v) is 6.51. The minimum atomic E-state index is -0.101. The third-order valence-corrected chi connectivity index (χ3v) is 3.14. The Morgan fingerprint density at radius 3 is 2.76 bits per heavy atom. The van der Waals surface area contributed by atoms with Crippen molar-refractivity contribution in [3.8, 4) is 11.8 Å². The lowest BCUT2D eigenvalue weighted by Crippen LogP contribution is -1.96. The highest BCUT2D eigenvalue weighted by Gasteiger charge is 2.05. The van der Waals surface area contributed by atoms with Gasteiger partial charge in [0, 0.05) is 5.56 Å². The summed E-state index contributed by atoms with van der Waals surface area (Å²) in [6, 6.07) is 14.5. The van der Waals surface area contributed by atoms with Gasteiger partial charge in [0.05, 0.1) is 18.7 Å². The molecule has 0 N–H and O–H groups in total. The highest BCUT2D eigenvalue weighted by molar-refractivity contribution is 6.07. The Hall–Kier alpha value is -2.86. The Kier molecular flexibility index (Phi) is 4.53. The fraction of sp³-hybridized carbons (Fsp3) is 0.111. The average molecular weight is 277 g/mol. The van der Waals surface area contributed by atoms with Crippen molar-refractivity contribution in [1.29, 1.82) is 5.26 Å². The van der Waals surface area contributed by atoms with Gasteiger partial charge in [-0.05, 0) is 42.3 Å². The highest BCUT2D eigenvalue weighted by atomic mass is 16.5. The first-order valence-electron chi connectivity index (χ1n) is 6.51. The molecule has 0 aliphatic rings. The molecule has 2 aromatic rings. The maximum absolute atomic E-state index is 12.1. The Morgan fingerprint density at radius 1 is 1.24 bits per heavy atom. The number of methoxy groups -OCH3 is 1. The topological polar surface area (TPSA) is 50.1 Å². The van der Waals surface area contributed by atoms with Crippen LogP contribution in [0.15, 0.2) is 48.5 Å². The van der Waals surface area contributed by atoms with Crippen molar-refractivity contribution in [2.24, 2.45) is 0 Å². The maximum Gasteiger partial charge on any atom is 0.185 e. The second-order valence-corrected chi connectivity index (χ2v) is 4.62. The van der Waals surface area contributed by atoms with Gasteiger partial charge < -0.3 is 4.74 Å². The van der Waals surface area contributed by atoms with Crippen molar-refractivity contribution in [2.75, 3.05) is 7.11 Å². The molecule has 0 heterocycles. The molecule has 0 saturated carbocycles. The molecule has 2 rings (SSSR count). The van der Waals surface area contributed by atoms with Crippen LogP contribution >= 0.6 is 0 Å². The molecule has 0 amide bonds. The standard InChI is InChI=1S/C18H15NO2/c1-13-6-8-16(11-18(13)21-2)17(20)9-7-14-4-3-5-15(10-14)12-19/h3-11H,1-2H3/b9-7+. The Bertz CT molecular complexity index is 739. The van der Waals surface area contributed by atoms with Crippen LogP contribution in [0.4, 0.5) is 0 Å². The number of carbonyl (C=O) groups is 1. The second kappa shape index (κ2) is 6.53. The van der Waals surface area contributed by atoms with Crippen LogP contribution in [0.2, 0.25) is 0 Å². The van der Waals surface area contributed by atoms with E-state index in [1.165, 1.54) is 6.08 Å². The molecule has 0 atom stereocenters. The van der Waals surface area contributed by atoms with Crippen LogP contribution in [0.5, 0.6) is 5.75 Å². The van der Waals surface area contributed by atoms with E-state index in [-0.39, 0.29) is 5.78 Å². The van der Waals surface area contributed by atoms with Gasteiger partial charge in [-0.2, -0.15) is 5.26 Å². The van der Waals surface area contributed by atoms with Crippen molar-refractivity contribution >= 4 is 11.9 Å². The smallest absolute Gasteiger partial charge is 0.185 e. The summed E-state index contributed by atoms with van der Waals surface area (Å²) in [6.45, 7) is 1.93. The van der Waals surface area contributed by atoms with Gasteiger partial charge in [0.25, 0.3) is 0 Å². The number of aryl methyl sites for hydroxylation is 1. The maximum atomic E-state index is 12.1. The van der Waals surface area contributed by atoms with E-state index >= 15 is 0 Å². The summed E-state index contributed by atoms with van der Waals surface area (Å²) in [7, 11) is 1.58. The molecule has 21 heavy (non-hydrogen) atoms. The quantitative estimate of drug-likeness (QED) is 0.631. The summed E-state index contributed by atoms with van der Waals surface area (Å²) >= 11 is 0. The molecule has 0 bridgehead atoms. The predicted molar refractivity (Wildman–Crippen MR) is 82.3 cm³/mol. The lowest BCUT2D eigenvalue weighted by atomic mass is 10.1. The Labute approximate surface area is 124 Å². The zero-order valence-electron chi connectivity index (χ0n) is 12.0. The van der Waals surface area contributed by atoms with Gasteiger partial charge >= 0.3 is 0 Å². The summed E-state index contributed by atoms with van der Waals surface area (Å²) in [4.78, 5) is 12.1. The predicted octanol–water partition coefficient (Wildman–Crippen LogP) is 3.77. The number of ketones is 1. The van der Waals surface area contributed by atoms with Crippen LogP contribution in [-0.4, -0.2) is 12.9 Å². The van der Waals surface area contributed by atoms with Gasteiger partial charge in [-0.25, -0.2) is 0 Å². The Morgan fingerprint density at radius 2 is 2.05 bits per heavy atom. The van der Waals surface area contributed by atoms with E-state index in [2.05, 4.69) is 6.07 Å². The summed E-state index contributed by atoms with van der Waals surface area (Å²) in [5.41, 5.74) is 2.95. The van der Waals surface area contributed by atoms with E-state index in [0.29, 0.717) is 16.9 Å². The molecular weight excluding hydrogens is 262 g/mol. The molecule has 0 aliphatic carbocycles. The second-order valence-electron chi connectivity index (χ2n) is 4.62. The van der Waals surface area contributed by atoms with Crippen LogP contribution in [0, 0.1) is 18.3 Å². The number of ether oxygens (including phenoxy) is 1. The van der Waals surface area contributed by atoms with Crippen LogP contribution < -0.4 is 4.74 Å². The lowest BCUT2D eigenvalue weighted by Gasteiger charge is -2.05. The number of rotatable bonds is 4. The zero-order valence-corrected chi connectivity index (χ0v) is 12.0. The summed E-state index contributed by atoms with van der Waals surface area (Å²) in [5.74, 6) is 0.594. The van der Waals surface area contributed by atoms with E-state index in [4.69, 9.17) is 10.00 Å². The molecule has 104 valence electrons. The van der Waals surface area contributed by atoms with E-state index < -0.39 is 0 Å². The zero-order chi connectivity index (χ0) is 15.2. The van der Waals surface area contributed by atoms with Crippen molar-refractivity contribution in [2.45, 2.75) is 6.92 Å². The number of benzene rings is 2. The number of allylic oxidation sites excluding steroid dienone is 1. The number of nitriles is 1. The minimum absolute atomic E-state index is 0.101. The number of carbonyl (C=O) groups excluding carboxylic acids is 1. The minimum Gasteiger partial charge on any atom is -0.496 e. The molecule has 2 aromatic carbocycles. The van der Waals surface area contributed by atoms with Crippen LogP contribution in [-0.2, 0) is 0 Å². The third kappa shape index (κ3) is 3.58. The molecular formula is C18H15NO2. The normalized spacial score (nSPS) is 10.3. The van der Waals surface area contributed by atoms with Crippen molar-refractivity contribution in [3.63, 3.8) is 0 Å². The SMILES string of the molecule is COc1cc(C(=O)/C=C/c2cccc(C#N)c2)ccc1C. The van der Waals surface area contributed by atoms with Crippen molar-refractivity contribution < 1.29 is 9.53 Å². The molecule has 0 aliphatic heterocycles. The van der Waals surface area contributed by atoms with E-state index in [1.54, 1.807) is 43.5 Å². The van der Waals surface area contributed by atoms with Gasteiger partial charge in [-0.3, -0.25) is 4.79 Å². The van der Waals surface area contributed by atoms with Gasteiger partial charge in [0.15, 0.2) is 5.78 Å². The molecule has 0 spiro atoms. The van der Waals surface area contributed by atoms with Crippen LogP contribution in [0.3, 0.4) is 0 Å². The van der Waals surface area contributed by atoms with E-state index in [9.17, 15) is 4.79 Å². The molecule has 0 radical (unpaired) electrons. The highest BCUT2D eigenvalue weighted by Crippen LogP contribution is 2.19. The van der Waals surface area contributed by atoms with E-state index in [0.717, 1.165) is 11.1 Å². The molecule has 0 fully saturated rings. The lowest BCUT2D eigenvalue weighted by molar-refractivity contribution is 0.104. The molecule has 3 nitrogen and oxygen atoms in total. The average Bonchev–Trinajstić information content (AvgIpc) is 2.53. The molecule has 3 heteroatoms. The summed E-state index contributed by atoms with van der Waals surface area (Å²) < 4.78 is 5.22.